The minimum absolute atomic E-state index is 0.0404. The van der Waals surface area contributed by atoms with Gasteiger partial charge < -0.3 is 5.11 Å². The number of hydrogen-bond donors (Lipinski definition) is 1. The molecule has 4 aliphatic carbocycles. The van der Waals surface area contributed by atoms with Gasteiger partial charge in [0.15, 0.2) is 0 Å². The summed E-state index contributed by atoms with van der Waals surface area (Å²) < 4.78 is 0. The van der Waals surface area contributed by atoms with Crippen LogP contribution in [0.5, 0.6) is 0 Å². The maximum Gasteiger partial charge on any atom is 0.0543 e. The van der Waals surface area contributed by atoms with Crippen molar-refractivity contribution in [3.63, 3.8) is 0 Å². The molecule has 1 N–H and O–H groups in total. The molecule has 9 atom stereocenters. The summed E-state index contributed by atoms with van der Waals surface area (Å²) in [5.74, 6) is 5.92. The van der Waals surface area contributed by atoms with E-state index in [0.29, 0.717) is 10.8 Å². The Hall–Kier alpha value is -0.300. The van der Waals surface area contributed by atoms with Crippen LogP contribution in [0, 0.1) is 52.3 Å². The Morgan fingerprint density at radius 1 is 0.967 bits per heavy atom. The van der Waals surface area contributed by atoms with E-state index in [9.17, 15) is 5.11 Å². The van der Waals surface area contributed by atoms with Crippen molar-refractivity contribution < 1.29 is 5.11 Å². The van der Waals surface area contributed by atoms with Crippen molar-refractivity contribution in [3.05, 3.63) is 11.6 Å². The van der Waals surface area contributed by atoms with Gasteiger partial charge in [0.05, 0.1) is 6.10 Å². The number of allylic oxidation sites excluding steroid dienone is 2. The molecule has 0 aliphatic heterocycles. The molecule has 3 saturated carbocycles. The molecule has 30 heavy (non-hydrogen) atoms. The van der Waals surface area contributed by atoms with Crippen molar-refractivity contribution in [1.29, 1.82) is 0 Å². The summed E-state index contributed by atoms with van der Waals surface area (Å²) in [7, 11) is 0. The van der Waals surface area contributed by atoms with Gasteiger partial charge in [-0.1, -0.05) is 66.0 Å². The van der Waals surface area contributed by atoms with E-state index in [1.54, 1.807) is 0 Å². The Kier molecular flexibility index (Phi) is 6.53. The van der Waals surface area contributed by atoms with Crippen molar-refractivity contribution in [2.24, 2.45) is 52.3 Å². The minimum Gasteiger partial charge on any atom is -0.393 e. The molecule has 0 bridgehead atoms. The number of aliphatic hydroxyl groups is 1. The largest absolute Gasteiger partial charge is 0.393 e. The lowest BCUT2D eigenvalue weighted by molar-refractivity contribution is -0.0428. The third-order valence-electron chi connectivity index (χ3n) is 11.3. The predicted molar refractivity (Wildman–Crippen MR) is 128 cm³/mol. The molecular formula is C29H50O. The van der Waals surface area contributed by atoms with Gasteiger partial charge in [-0.25, -0.2) is 0 Å². The molecule has 0 spiro atoms. The normalized spacial score (nSPS) is 45.3. The zero-order valence-electron chi connectivity index (χ0n) is 20.9. The summed E-state index contributed by atoms with van der Waals surface area (Å²) in [6.45, 7) is 15.1. The molecule has 1 nitrogen and oxygen atoms in total. The smallest absolute Gasteiger partial charge is 0.0543 e. The molecule has 0 amide bonds. The summed E-state index contributed by atoms with van der Waals surface area (Å²) in [5, 5.41) is 10.3. The molecule has 4 rings (SSSR count). The topological polar surface area (TPSA) is 20.2 Å². The highest BCUT2D eigenvalue weighted by molar-refractivity contribution is 5.27. The maximum absolute atomic E-state index is 10.3. The summed E-state index contributed by atoms with van der Waals surface area (Å²) in [6.07, 6.45) is 17.2. The van der Waals surface area contributed by atoms with Gasteiger partial charge in [0.1, 0.15) is 0 Å². The van der Waals surface area contributed by atoms with Crippen LogP contribution < -0.4 is 0 Å². The highest BCUT2D eigenvalue weighted by Gasteiger charge is 2.58. The fourth-order valence-corrected chi connectivity index (χ4v) is 9.15. The molecule has 4 aliphatic rings. The third kappa shape index (κ3) is 3.74. The third-order valence-corrected chi connectivity index (χ3v) is 11.3. The molecule has 172 valence electrons. The van der Waals surface area contributed by atoms with Crippen molar-refractivity contribution in [3.8, 4) is 0 Å². The zero-order valence-corrected chi connectivity index (χ0v) is 20.9. The van der Waals surface area contributed by atoms with Crippen LogP contribution in [0.25, 0.3) is 0 Å². The van der Waals surface area contributed by atoms with Crippen LogP contribution in [-0.4, -0.2) is 11.2 Å². The predicted octanol–water partition coefficient (Wildman–Crippen LogP) is 8.02. The van der Waals surface area contributed by atoms with E-state index in [2.05, 4.69) is 47.6 Å². The fourth-order valence-electron chi connectivity index (χ4n) is 9.15. The van der Waals surface area contributed by atoms with Gasteiger partial charge in [-0.2, -0.15) is 0 Å². The van der Waals surface area contributed by atoms with E-state index in [1.165, 1.54) is 57.8 Å². The standard InChI is InChI=1S/C29H50O/c1-7-21(19(2)3)9-8-20(4)25-12-13-26-24-11-10-22-18-23(30)14-16-28(22,5)27(24)15-17-29(25,26)6/h11,19-23,25-27,30H,7-10,12-18H2,1-6H3. The molecule has 0 saturated heterocycles. The average Bonchev–Trinajstić information content (AvgIpc) is 3.06. The molecule has 0 heterocycles. The van der Waals surface area contributed by atoms with Crippen molar-refractivity contribution in [2.45, 2.75) is 118 Å². The molecule has 1 heteroatoms. The molecule has 3 fully saturated rings. The zero-order chi connectivity index (χ0) is 21.7. The van der Waals surface area contributed by atoms with E-state index in [0.717, 1.165) is 54.3 Å². The van der Waals surface area contributed by atoms with Crippen LogP contribution in [0.15, 0.2) is 11.6 Å². The van der Waals surface area contributed by atoms with Gasteiger partial charge in [0.2, 0.25) is 0 Å². The second-order valence-corrected chi connectivity index (χ2v) is 12.9. The summed E-state index contributed by atoms with van der Waals surface area (Å²) >= 11 is 0. The Morgan fingerprint density at radius 3 is 2.37 bits per heavy atom. The second-order valence-electron chi connectivity index (χ2n) is 12.9. The van der Waals surface area contributed by atoms with Crippen molar-refractivity contribution in [1.82, 2.24) is 0 Å². The Balaban J connectivity index is 1.48. The molecule has 0 aromatic carbocycles. The second kappa shape index (κ2) is 8.57. The monoisotopic (exact) mass is 414 g/mol. The van der Waals surface area contributed by atoms with Crippen LogP contribution in [0.2, 0.25) is 0 Å². The first kappa shape index (κ1) is 22.9. The molecule has 0 radical (unpaired) electrons. The molecular weight excluding hydrogens is 364 g/mol. The van der Waals surface area contributed by atoms with Crippen LogP contribution >= 0.6 is 0 Å². The first-order valence-corrected chi connectivity index (χ1v) is 13.6. The average molecular weight is 415 g/mol. The van der Waals surface area contributed by atoms with Gasteiger partial charge in [0.25, 0.3) is 0 Å². The van der Waals surface area contributed by atoms with Crippen LogP contribution in [0.4, 0.5) is 0 Å². The first-order chi connectivity index (χ1) is 14.2. The van der Waals surface area contributed by atoms with Crippen LogP contribution in [0.1, 0.15) is 112 Å². The number of fused-ring (bicyclic) bond motifs is 5. The highest BCUT2D eigenvalue weighted by Crippen LogP contribution is 2.67. The van der Waals surface area contributed by atoms with E-state index in [-0.39, 0.29) is 6.10 Å². The van der Waals surface area contributed by atoms with Crippen LogP contribution in [-0.2, 0) is 0 Å². The van der Waals surface area contributed by atoms with Gasteiger partial charge in [0, 0.05) is 0 Å². The van der Waals surface area contributed by atoms with Gasteiger partial charge >= 0.3 is 0 Å². The number of aliphatic hydroxyl groups excluding tert-OH is 1. The summed E-state index contributed by atoms with van der Waals surface area (Å²) in [4.78, 5) is 0. The highest BCUT2D eigenvalue weighted by atomic mass is 16.3. The summed E-state index contributed by atoms with van der Waals surface area (Å²) in [6, 6.07) is 0. The molecule has 0 aromatic heterocycles. The SMILES string of the molecule is CCC(CCC(C)C1CCC2C3=CCC4CC(O)CCC4(C)C3CCC21C)C(C)C. The quantitative estimate of drug-likeness (QED) is 0.436. The van der Waals surface area contributed by atoms with E-state index in [4.69, 9.17) is 0 Å². The van der Waals surface area contributed by atoms with E-state index >= 15 is 0 Å². The van der Waals surface area contributed by atoms with Gasteiger partial charge in [-0.05, 0) is 110 Å². The summed E-state index contributed by atoms with van der Waals surface area (Å²) in [5.41, 5.74) is 2.88. The van der Waals surface area contributed by atoms with Gasteiger partial charge in [-0.3, -0.25) is 0 Å². The fraction of sp³-hybridized carbons (Fsp3) is 0.931. The first-order valence-electron chi connectivity index (χ1n) is 13.6. The Labute approximate surface area is 187 Å². The minimum atomic E-state index is -0.0404. The lowest BCUT2D eigenvalue weighted by atomic mass is 9.47. The number of hydrogen-bond acceptors (Lipinski definition) is 1. The van der Waals surface area contributed by atoms with E-state index < -0.39 is 0 Å². The lowest BCUT2D eigenvalue weighted by Crippen LogP contribution is -2.49. The van der Waals surface area contributed by atoms with Crippen molar-refractivity contribution in [2.75, 3.05) is 0 Å². The Morgan fingerprint density at radius 2 is 1.67 bits per heavy atom. The Bertz CT molecular complexity index is 634. The maximum atomic E-state index is 10.3. The van der Waals surface area contributed by atoms with Crippen molar-refractivity contribution >= 4 is 0 Å². The number of rotatable bonds is 6. The van der Waals surface area contributed by atoms with Crippen LogP contribution in [0.3, 0.4) is 0 Å². The molecule has 0 aromatic rings. The van der Waals surface area contributed by atoms with Gasteiger partial charge in [-0.15, -0.1) is 0 Å². The van der Waals surface area contributed by atoms with E-state index in [1.807, 2.05) is 5.57 Å². The molecule has 9 unspecified atom stereocenters. The lowest BCUT2D eigenvalue weighted by Gasteiger charge is -2.57.